The van der Waals surface area contributed by atoms with Gasteiger partial charge in [0.15, 0.2) is 0 Å². The Morgan fingerprint density at radius 1 is 1.16 bits per heavy atom. The number of carbonyl (C=O) groups is 1. The van der Waals surface area contributed by atoms with Crippen molar-refractivity contribution in [3.63, 3.8) is 0 Å². The molecule has 7 heteroatoms. The van der Waals surface area contributed by atoms with Gasteiger partial charge < -0.3 is 16.1 Å². The number of allylic oxidation sites excluding steroid dienone is 1. The summed E-state index contributed by atoms with van der Waals surface area (Å²) in [5.74, 6) is 2.61. The zero-order valence-corrected chi connectivity index (χ0v) is 20.1. The van der Waals surface area contributed by atoms with Crippen LogP contribution in [0.4, 0.5) is 5.69 Å². The molecular weight excluding hydrogens is 418 g/mol. The summed E-state index contributed by atoms with van der Waals surface area (Å²) in [5.41, 5.74) is 13.2. The monoisotopic (exact) mass is 455 g/mol. The lowest BCUT2D eigenvalue weighted by atomic mass is 9.94. The fourth-order valence-electron chi connectivity index (χ4n) is 4.96. The van der Waals surface area contributed by atoms with E-state index >= 15 is 0 Å². The number of carbonyl (C=O) groups excluding carboxylic acids is 1. The van der Waals surface area contributed by atoms with Crippen LogP contribution >= 0.6 is 11.8 Å². The Hall–Kier alpha value is -1.99. The minimum atomic E-state index is 0.116. The third kappa shape index (κ3) is 5.87. The van der Waals surface area contributed by atoms with Crippen molar-refractivity contribution in [2.24, 2.45) is 5.10 Å². The number of benzene rings is 1. The Bertz CT molecular complexity index is 841. The van der Waals surface area contributed by atoms with Crippen LogP contribution in [0.5, 0.6) is 0 Å². The number of thioether (sulfide) groups is 1. The van der Waals surface area contributed by atoms with Gasteiger partial charge in [0, 0.05) is 66.8 Å². The summed E-state index contributed by atoms with van der Waals surface area (Å²) in [6, 6.07) is 6.55. The predicted octanol–water partition coefficient (Wildman–Crippen LogP) is 3.84. The Kier molecular flexibility index (Phi) is 8.14. The number of nitrogens with one attached hydrogen (secondary N) is 1. The summed E-state index contributed by atoms with van der Waals surface area (Å²) in [6.07, 6.45) is 10.4. The van der Waals surface area contributed by atoms with E-state index < -0.39 is 0 Å². The van der Waals surface area contributed by atoms with E-state index in [1.807, 2.05) is 29.3 Å². The predicted molar refractivity (Wildman–Crippen MR) is 136 cm³/mol. The molecule has 1 atom stereocenters. The van der Waals surface area contributed by atoms with Crippen LogP contribution in [-0.2, 0) is 0 Å². The topological polar surface area (TPSA) is 74.0 Å². The molecule has 0 bridgehead atoms. The third-order valence-corrected chi connectivity index (χ3v) is 7.75. The zero-order chi connectivity index (χ0) is 22.3. The number of rotatable bonds is 3. The van der Waals surface area contributed by atoms with Crippen LogP contribution in [0.1, 0.15) is 61.4 Å². The molecular formula is C25H37N5OS. The number of nitrogens with zero attached hydrogens (tertiary/aromatic N) is 3. The quantitative estimate of drug-likeness (QED) is 0.678. The number of likely N-dealkylation sites (tertiary alicyclic amines) is 1. The van der Waals surface area contributed by atoms with Crippen molar-refractivity contribution < 1.29 is 4.79 Å². The molecule has 0 saturated carbocycles. The van der Waals surface area contributed by atoms with E-state index in [4.69, 9.17) is 5.73 Å². The van der Waals surface area contributed by atoms with E-state index in [1.54, 1.807) is 0 Å². The van der Waals surface area contributed by atoms with Crippen molar-refractivity contribution in [1.29, 1.82) is 0 Å². The second kappa shape index (κ2) is 11.2. The second-order valence-corrected chi connectivity index (χ2v) is 10.4. The Labute approximate surface area is 196 Å². The van der Waals surface area contributed by atoms with Gasteiger partial charge in [0.25, 0.3) is 5.91 Å². The van der Waals surface area contributed by atoms with E-state index in [1.165, 1.54) is 30.2 Å². The first-order chi connectivity index (χ1) is 15.6. The number of nitrogens with two attached hydrogens (primary N) is 1. The molecule has 0 spiro atoms. The number of piperidine rings is 1. The lowest BCUT2D eigenvalue weighted by Crippen LogP contribution is -2.49. The van der Waals surface area contributed by atoms with Crippen molar-refractivity contribution in [1.82, 2.24) is 15.2 Å². The summed E-state index contributed by atoms with van der Waals surface area (Å²) < 4.78 is 0. The van der Waals surface area contributed by atoms with Crippen LogP contribution in [-0.4, -0.2) is 71.7 Å². The van der Waals surface area contributed by atoms with Gasteiger partial charge in [-0.05, 0) is 69.2 Å². The highest BCUT2D eigenvalue weighted by Gasteiger charge is 2.28. The highest BCUT2D eigenvalue weighted by Crippen LogP contribution is 2.29. The summed E-state index contributed by atoms with van der Waals surface area (Å²) in [6.45, 7) is 6.16. The van der Waals surface area contributed by atoms with Crippen molar-refractivity contribution in [2.45, 2.75) is 57.5 Å². The lowest BCUT2D eigenvalue weighted by molar-refractivity contribution is 0.0631. The molecule has 3 aliphatic heterocycles. The largest absolute Gasteiger partial charge is 0.398 e. The molecule has 3 heterocycles. The molecule has 0 aliphatic carbocycles. The van der Waals surface area contributed by atoms with Gasteiger partial charge in [-0.1, -0.05) is 6.08 Å². The van der Waals surface area contributed by atoms with E-state index in [0.717, 1.165) is 68.4 Å². The molecule has 0 aromatic heterocycles. The number of anilines is 1. The van der Waals surface area contributed by atoms with Gasteiger partial charge in [0.1, 0.15) is 0 Å². The number of amides is 1. The van der Waals surface area contributed by atoms with Crippen LogP contribution in [0.2, 0.25) is 0 Å². The average molecular weight is 456 g/mol. The molecule has 1 aromatic rings. The Morgan fingerprint density at radius 2 is 1.94 bits per heavy atom. The average Bonchev–Trinajstić information content (AvgIpc) is 2.83. The van der Waals surface area contributed by atoms with Crippen LogP contribution in [0.3, 0.4) is 0 Å². The van der Waals surface area contributed by atoms with Crippen LogP contribution in [0.25, 0.3) is 5.57 Å². The Balaban J connectivity index is 1.45. The third-order valence-electron chi connectivity index (χ3n) is 6.81. The fraction of sp³-hybridized carbons (Fsp3) is 0.600. The van der Waals surface area contributed by atoms with Gasteiger partial charge >= 0.3 is 0 Å². The zero-order valence-electron chi connectivity index (χ0n) is 19.3. The highest BCUT2D eigenvalue weighted by atomic mass is 32.2. The van der Waals surface area contributed by atoms with Crippen LogP contribution in [0, 0.1) is 0 Å². The number of hydrazone groups is 1. The molecule has 4 rings (SSSR count). The Morgan fingerprint density at radius 3 is 2.72 bits per heavy atom. The molecule has 3 N–H and O–H groups in total. The second-order valence-electron chi connectivity index (χ2n) is 9.14. The summed E-state index contributed by atoms with van der Waals surface area (Å²) in [4.78, 5) is 18.0. The van der Waals surface area contributed by atoms with Crippen molar-refractivity contribution in [2.75, 3.05) is 43.4 Å². The minimum Gasteiger partial charge on any atom is -0.398 e. The van der Waals surface area contributed by atoms with Crippen molar-refractivity contribution in [3.8, 4) is 0 Å². The van der Waals surface area contributed by atoms with E-state index in [9.17, 15) is 4.79 Å². The fourth-order valence-corrected chi connectivity index (χ4v) is 5.89. The van der Waals surface area contributed by atoms with Crippen LogP contribution < -0.4 is 11.2 Å². The van der Waals surface area contributed by atoms with Gasteiger partial charge in [-0.15, -0.1) is 0 Å². The maximum atomic E-state index is 13.3. The molecule has 32 heavy (non-hydrogen) atoms. The number of hydrogen-bond donors (Lipinski definition) is 2. The molecule has 2 saturated heterocycles. The minimum absolute atomic E-state index is 0.116. The first-order valence-electron chi connectivity index (χ1n) is 12.1. The molecule has 1 aromatic carbocycles. The summed E-state index contributed by atoms with van der Waals surface area (Å²) in [7, 11) is 0. The molecule has 1 unspecified atom stereocenters. The summed E-state index contributed by atoms with van der Waals surface area (Å²) in [5, 5.41) is 4.29. The van der Waals surface area contributed by atoms with Gasteiger partial charge in [-0.2, -0.15) is 16.9 Å². The summed E-state index contributed by atoms with van der Waals surface area (Å²) >= 11 is 2.05. The van der Waals surface area contributed by atoms with E-state index in [2.05, 4.69) is 40.2 Å². The lowest BCUT2D eigenvalue weighted by Gasteiger charge is -2.40. The molecule has 0 radical (unpaired) electrons. The van der Waals surface area contributed by atoms with Gasteiger partial charge in [-0.25, -0.2) is 0 Å². The van der Waals surface area contributed by atoms with Gasteiger partial charge in [0.05, 0.1) is 6.04 Å². The van der Waals surface area contributed by atoms with Crippen molar-refractivity contribution in [3.05, 3.63) is 35.4 Å². The molecule has 1 amide bonds. The first kappa shape index (κ1) is 23.2. The highest BCUT2D eigenvalue weighted by molar-refractivity contribution is 7.99. The number of hydrogen-bond acceptors (Lipinski definition) is 6. The van der Waals surface area contributed by atoms with Crippen molar-refractivity contribution >= 4 is 35.1 Å². The smallest absolute Gasteiger partial charge is 0.253 e. The van der Waals surface area contributed by atoms with Crippen LogP contribution in [0.15, 0.2) is 29.4 Å². The maximum absolute atomic E-state index is 13.3. The van der Waals surface area contributed by atoms with Gasteiger partial charge in [-0.3, -0.25) is 9.69 Å². The molecule has 6 nitrogen and oxygen atoms in total. The number of nitrogen functional groups attached to an aromatic ring is 1. The van der Waals surface area contributed by atoms with Gasteiger partial charge in [0.2, 0.25) is 0 Å². The van der Waals surface area contributed by atoms with E-state index in [0.29, 0.717) is 6.04 Å². The SMILES string of the molecule is CC1/C=C(/c2cc(C(=O)N3CCC(N4CCSCC4)CC3)ccc2N)CCCC/C=N\N1. The molecule has 2 fully saturated rings. The normalized spacial score (nSPS) is 26.6. The van der Waals surface area contributed by atoms with E-state index in [-0.39, 0.29) is 11.9 Å². The molecule has 3 aliphatic rings. The maximum Gasteiger partial charge on any atom is 0.253 e. The molecule has 174 valence electrons. The first-order valence-corrected chi connectivity index (χ1v) is 13.3. The standard InChI is InChI=1S/C25H37N5OS/c1-19-17-20(5-3-2-4-10-27-28-19)23-18-21(6-7-24(23)26)25(31)30-11-8-22(9-12-30)29-13-15-32-16-14-29/h6-7,10,17-19,22,28H,2-5,8-9,11-16,26H2,1H3/b20-17+,27-10-.